The van der Waals surface area contributed by atoms with Crippen molar-refractivity contribution >= 4 is 11.9 Å². The number of carbonyl (C=O) groups is 2. The summed E-state index contributed by atoms with van der Waals surface area (Å²) in [6.45, 7) is 7.83. The number of hydrogen-bond acceptors (Lipinski definition) is 3. The van der Waals surface area contributed by atoms with Crippen molar-refractivity contribution in [2.24, 2.45) is 0 Å². The largest absolute Gasteiger partial charge is 0.395 e. The molecule has 5 nitrogen and oxygen atoms in total. The maximum absolute atomic E-state index is 12.4. The lowest BCUT2D eigenvalue weighted by Gasteiger charge is -2.24. The minimum Gasteiger partial charge on any atom is -0.395 e. The van der Waals surface area contributed by atoms with Crippen LogP contribution in [0.3, 0.4) is 0 Å². The Labute approximate surface area is 125 Å². The van der Waals surface area contributed by atoms with Gasteiger partial charge in [0.15, 0.2) is 0 Å². The SMILES string of the molecule is CC(C)(C)c1ccc(C2(C)NC(=O)N(CCO)C2=O)cc1. The molecule has 0 spiro atoms. The number of amides is 3. The van der Waals surface area contributed by atoms with Gasteiger partial charge in [0.05, 0.1) is 13.2 Å². The Morgan fingerprint density at radius 3 is 2.24 bits per heavy atom. The fourth-order valence-electron chi connectivity index (χ4n) is 2.50. The summed E-state index contributed by atoms with van der Waals surface area (Å²) in [7, 11) is 0. The Morgan fingerprint density at radius 2 is 1.76 bits per heavy atom. The number of nitrogens with zero attached hydrogens (tertiary/aromatic N) is 1. The van der Waals surface area contributed by atoms with Crippen LogP contribution in [-0.2, 0) is 15.7 Å². The molecule has 1 unspecified atom stereocenters. The van der Waals surface area contributed by atoms with Crippen LogP contribution in [0.1, 0.15) is 38.8 Å². The first-order valence-electron chi connectivity index (χ1n) is 7.06. The Balaban J connectivity index is 2.33. The lowest BCUT2D eigenvalue weighted by atomic mass is 9.84. The van der Waals surface area contributed by atoms with Gasteiger partial charge in [-0.3, -0.25) is 9.69 Å². The number of carbonyl (C=O) groups excluding carboxylic acids is 2. The van der Waals surface area contributed by atoms with Gasteiger partial charge in [-0.1, -0.05) is 45.0 Å². The molecule has 114 valence electrons. The Hall–Kier alpha value is -1.88. The second-order valence-corrected chi connectivity index (χ2v) is 6.56. The third-order valence-electron chi connectivity index (χ3n) is 3.93. The molecule has 0 aromatic heterocycles. The van der Waals surface area contributed by atoms with Crippen molar-refractivity contribution in [3.8, 4) is 0 Å². The number of nitrogens with one attached hydrogen (secondary N) is 1. The van der Waals surface area contributed by atoms with E-state index in [1.165, 1.54) is 5.56 Å². The van der Waals surface area contributed by atoms with Gasteiger partial charge in [-0.25, -0.2) is 4.79 Å². The predicted molar refractivity (Wildman–Crippen MR) is 79.8 cm³/mol. The molecule has 21 heavy (non-hydrogen) atoms. The average Bonchev–Trinajstić information content (AvgIpc) is 2.63. The summed E-state index contributed by atoms with van der Waals surface area (Å²) in [5, 5.41) is 11.7. The molecule has 3 amide bonds. The fourth-order valence-corrected chi connectivity index (χ4v) is 2.50. The lowest BCUT2D eigenvalue weighted by Crippen LogP contribution is -2.41. The topological polar surface area (TPSA) is 69.6 Å². The highest BCUT2D eigenvalue weighted by atomic mass is 16.3. The third-order valence-corrected chi connectivity index (χ3v) is 3.93. The highest BCUT2D eigenvalue weighted by Gasteiger charge is 2.48. The van der Waals surface area contributed by atoms with Crippen molar-refractivity contribution in [1.82, 2.24) is 10.2 Å². The van der Waals surface area contributed by atoms with Crippen molar-refractivity contribution in [2.75, 3.05) is 13.2 Å². The summed E-state index contributed by atoms with van der Waals surface area (Å²) in [5.41, 5.74) is 0.877. The Bertz CT molecular complexity index is 560. The van der Waals surface area contributed by atoms with Gasteiger partial charge in [0.1, 0.15) is 5.54 Å². The van der Waals surface area contributed by atoms with Crippen LogP contribution in [0.25, 0.3) is 0 Å². The maximum Gasteiger partial charge on any atom is 0.325 e. The van der Waals surface area contributed by atoms with Gasteiger partial charge in [0.25, 0.3) is 5.91 Å². The van der Waals surface area contributed by atoms with Crippen LogP contribution in [0.5, 0.6) is 0 Å². The number of β-amino-alcohol motifs (C(OH)–C–C–N with tert-alkyl or cyclic N) is 1. The first-order valence-corrected chi connectivity index (χ1v) is 7.06. The quantitative estimate of drug-likeness (QED) is 0.833. The normalized spacial score (nSPS) is 22.6. The molecule has 0 bridgehead atoms. The van der Waals surface area contributed by atoms with E-state index in [1.54, 1.807) is 6.92 Å². The van der Waals surface area contributed by atoms with E-state index in [1.807, 2.05) is 24.3 Å². The molecule has 0 radical (unpaired) electrons. The second kappa shape index (κ2) is 5.15. The van der Waals surface area contributed by atoms with Crippen molar-refractivity contribution in [3.05, 3.63) is 35.4 Å². The maximum atomic E-state index is 12.4. The standard InChI is InChI=1S/C16H22N2O3/c1-15(2,3)11-5-7-12(8-6-11)16(4)13(20)18(9-10-19)14(21)17-16/h5-8,19H,9-10H2,1-4H3,(H,17,21). The molecule has 1 saturated heterocycles. The van der Waals surface area contributed by atoms with Crippen molar-refractivity contribution < 1.29 is 14.7 Å². The van der Waals surface area contributed by atoms with Crippen LogP contribution in [-0.4, -0.2) is 35.1 Å². The van der Waals surface area contributed by atoms with Gasteiger partial charge in [-0.2, -0.15) is 0 Å². The number of aliphatic hydroxyl groups excluding tert-OH is 1. The van der Waals surface area contributed by atoms with Gasteiger partial charge in [0, 0.05) is 0 Å². The molecule has 1 fully saturated rings. The van der Waals surface area contributed by atoms with Gasteiger partial charge in [-0.15, -0.1) is 0 Å². The molecule has 1 aromatic rings. The van der Waals surface area contributed by atoms with Crippen LogP contribution in [0.2, 0.25) is 0 Å². The van der Waals surface area contributed by atoms with Crippen molar-refractivity contribution in [3.63, 3.8) is 0 Å². The third kappa shape index (κ3) is 2.65. The van der Waals surface area contributed by atoms with E-state index >= 15 is 0 Å². The van der Waals surface area contributed by atoms with Crippen LogP contribution < -0.4 is 5.32 Å². The number of benzene rings is 1. The minimum atomic E-state index is -1.07. The molecule has 5 heteroatoms. The summed E-state index contributed by atoms with van der Waals surface area (Å²) >= 11 is 0. The molecule has 2 rings (SSSR count). The summed E-state index contributed by atoms with van der Waals surface area (Å²) in [6.07, 6.45) is 0. The van der Waals surface area contributed by atoms with Crippen LogP contribution >= 0.6 is 0 Å². The number of urea groups is 1. The molecule has 1 aliphatic rings. The fraction of sp³-hybridized carbons (Fsp3) is 0.500. The molecule has 1 atom stereocenters. The Kier molecular flexibility index (Phi) is 3.80. The molecule has 1 aromatic carbocycles. The molecular formula is C16H22N2O3. The van der Waals surface area contributed by atoms with Gasteiger partial charge in [-0.05, 0) is 23.5 Å². The molecule has 0 saturated carbocycles. The highest BCUT2D eigenvalue weighted by Crippen LogP contribution is 2.30. The summed E-state index contributed by atoms with van der Waals surface area (Å²) < 4.78 is 0. The monoisotopic (exact) mass is 290 g/mol. The summed E-state index contributed by atoms with van der Waals surface area (Å²) in [6, 6.07) is 7.25. The van der Waals surface area contributed by atoms with Crippen LogP contribution in [0.15, 0.2) is 24.3 Å². The zero-order valence-corrected chi connectivity index (χ0v) is 12.9. The Morgan fingerprint density at radius 1 is 1.19 bits per heavy atom. The average molecular weight is 290 g/mol. The van der Waals surface area contributed by atoms with E-state index in [2.05, 4.69) is 26.1 Å². The summed E-state index contributed by atoms with van der Waals surface area (Å²) in [4.78, 5) is 25.4. The van der Waals surface area contributed by atoms with E-state index < -0.39 is 11.6 Å². The number of hydrogen-bond donors (Lipinski definition) is 2. The smallest absolute Gasteiger partial charge is 0.325 e. The van der Waals surface area contributed by atoms with Gasteiger partial charge >= 0.3 is 6.03 Å². The van der Waals surface area contributed by atoms with Gasteiger partial charge < -0.3 is 10.4 Å². The molecular weight excluding hydrogens is 268 g/mol. The lowest BCUT2D eigenvalue weighted by molar-refractivity contribution is -0.131. The highest BCUT2D eigenvalue weighted by molar-refractivity contribution is 6.07. The number of rotatable bonds is 3. The molecule has 1 aliphatic heterocycles. The minimum absolute atomic E-state index is 0.0142. The first-order chi connectivity index (χ1) is 9.70. The zero-order chi connectivity index (χ0) is 15.8. The first kappa shape index (κ1) is 15.5. The van der Waals surface area contributed by atoms with E-state index in [-0.39, 0.29) is 24.5 Å². The number of aliphatic hydroxyl groups is 1. The predicted octanol–water partition coefficient (Wildman–Crippen LogP) is 1.74. The zero-order valence-electron chi connectivity index (χ0n) is 12.9. The molecule has 0 aliphatic carbocycles. The number of imide groups is 1. The van der Waals surface area contributed by atoms with E-state index in [0.717, 1.165) is 10.5 Å². The second-order valence-electron chi connectivity index (χ2n) is 6.56. The van der Waals surface area contributed by atoms with Gasteiger partial charge in [0.2, 0.25) is 0 Å². The van der Waals surface area contributed by atoms with E-state index in [4.69, 9.17) is 5.11 Å². The van der Waals surface area contributed by atoms with E-state index in [0.29, 0.717) is 0 Å². The van der Waals surface area contributed by atoms with E-state index in [9.17, 15) is 9.59 Å². The van der Waals surface area contributed by atoms with Crippen molar-refractivity contribution in [1.29, 1.82) is 0 Å². The summed E-state index contributed by atoms with van der Waals surface area (Å²) in [5.74, 6) is -0.329. The van der Waals surface area contributed by atoms with Crippen LogP contribution in [0.4, 0.5) is 4.79 Å². The molecule has 2 N–H and O–H groups in total. The van der Waals surface area contributed by atoms with Crippen molar-refractivity contribution in [2.45, 2.75) is 38.6 Å². The van der Waals surface area contributed by atoms with Crippen LogP contribution in [0, 0.1) is 0 Å². The molecule has 1 heterocycles.